The second-order valence-electron chi connectivity index (χ2n) is 5.77. The third kappa shape index (κ3) is 2.72. The first-order valence-corrected chi connectivity index (χ1v) is 6.62. The number of nitrogens with two attached hydrogens (primary N) is 1. The van der Waals surface area contributed by atoms with Crippen molar-refractivity contribution in [1.82, 2.24) is 5.32 Å². The molecule has 2 rings (SSSR count). The Labute approximate surface area is 109 Å². The second kappa shape index (κ2) is 5.11. The predicted molar refractivity (Wildman–Crippen MR) is 73.1 cm³/mol. The summed E-state index contributed by atoms with van der Waals surface area (Å²) >= 11 is 0. The Morgan fingerprint density at radius 3 is 2.89 bits per heavy atom. The molecule has 0 saturated carbocycles. The average Bonchev–Trinajstić information content (AvgIpc) is 2.36. The fourth-order valence-electron chi connectivity index (χ4n) is 2.43. The van der Waals surface area contributed by atoms with E-state index in [1.807, 2.05) is 13.8 Å². The van der Waals surface area contributed by atoms with Crippen molar-refractivity contribution in [3.63, 3.8) is 0 Å². The van der Waals surface area contributed by atoms with E-state index in [2.05, 4.69) is 29.6 Å². The third-order valence-corrected chi connectivity index (χ3v) is 3.83. The van der Waals surface area contributed by atoms with Crippen molar-refractivity contribution in [2.24, 2.45) is 11.1 Å². The Morgan fingerprint density at radius 2 is 2.17 bits per heavy atom. The van der Waals surface area contributed by atoms with E-state index in [0.717, 1.165) is 12.8 Å². The summed E-state index contributed by atoms with van der Waals surface area (Å²) in [6, 6.07) is 8.91. The number of aryl methyl sites for hydroxylation is 1. The van der Waals surface area contributed by atoms with Gasteiger partial charge >= 0.3 is 0 Å². The molecule has 0 saturated heterocycles. The van der Waals surface area contributed by atoms with Crippen LogP contribution in [0.4, 0.5) is 0 Å². The van der Waals surface area contributed by atoms with Crippen LogP contribution in [0, 0.1) is 5.41 Å². The highest BCUT2D eigenvalue weighted by Gasteiger charge is 2.27. The summed E-state index contributed by atoms with van der Waals surface area (Å²) in [7, 11) is 0. The number of rotatable bonds is 4. The molecule has 3 heteroatoms. The summed E-state index contributed by atoms with van der Waals surface area (Å²) in [5.74, 6) is -0.251. The molecule has 0 radical (unpaired) electrons. The molecule has 0 aliphatic heterocycles. The molecule has 1 aromatic rings. The highest BCUT2D eigenvalue weighted by Crippen LogP contribution is 2.30. The van der Waals surface area contributed by atoms with Crippen LogP contribution < -0.4 is 11.1 Å². The lowest BCUT2D eigenvalue weighted by atomic mass is 9.86. The zero-order chi connectivity index (χ0) is 13.2. The molecular weight excluding hydrogens is 224 g/mol. The van der Waals surface area contributed by atoms with Crippen LogP contribution in [0.25, 0.3) is 0 Å². The zero-order valence-electron chi connectivity index (χ0n) is 11.2. The molecule has 3 nitrogen and oxygen atoms in total. The fourth-order valence-corrected chi connectivity index (χ4v) is 2.43. The molecular formula is C15H22N2O. The van der Waals surface area contributed by atoms with Gasteiger partial charge in [-0.25, -0.2) is 0 Å². The van der Waals surface area contributed by atoms with Crippen LogP contribution in [0.2, 0.25) is 0 Å². The molecule has 3 N–H and O–H groups in total. The second-order valence-corrected chi connectivity index (χ2v) is 5.77. The Hall–Kier alpha value is -1.35. The van der Waals surface area contributed by atoms with Crippen molar-refractivity contribution in [2.45, 2.75) is 39.2 Å². The van der Waals surface area contributed by atoms with Gasteiger partial charge in [-0.05, 0) is 44.2 Å². The van der Waals surface area contributed by atoms with Gasteiger partial charge in [0.05, 0.1) is 5.41 Å². The van der Waals surface area contributed by atoms with Crippen LogP contribution in [0.3, 0.4) is 0 Å². The largest absolute Gasteiger partial charge is 0.369 e. The SMILES string of the molecule is CC(C)(CNC1CCCc2ccccc21)C(N)=O. The van der Waals surface area contributed by atoms with E-state index in [0.29, 0.717) is 12.6 Å². The summed E-state index contributed by atoms with van der Waals surface area (Å²) in [5.41, 5.74) is 7.72. The first-order valence-electron chi connectivity index (χ1n) is 6.62. The van der Waals surface area contributed by atoms with Gasteiger partial charge in [-0.1, -0.05) is 24.3 Å². The van der Waals surface area contributed by atoms with E-state index < -0.39 is 5.41 Å². The molecule has 18 heavy (non-hydrogen) atoms. The van der Waals surface area contributed by atoms with Gasteiger partial charge in [0.2, 0.25) is 5.91 Å². The lowest BCUT2D eigenvalue weighted by Gasteiger charge is -2.30. The molecule has 1 unspecified atom stereocenters. The van der Waals surface area contributed by atoms with Gasteiger partial charge in [0.1, 0.15) is 0 Å². The fraction of sp³-hybridized carbons (Fsp3) is 0.533. The molecule has 0 spiro atoms. The van der Waals surface area contributed by atoms with Crippen LogP contribution >= 0.6 is 0 Å². The molecule has 1 amide bonds. The number of carbonyl (C=O) groups is 1. The first-order chi connectivity index (χ1) is 8.50. The van der Waals surface area contributed by atoms with Crippen LogP contribution in [0.5, 0.6) is 0 Å². The minimum Gasteiger partial charge on any atom is -0.369 e. The lowest BCUT2D eigenvalue weighted by molar-refractivity contribution is -0.125. The topological polar surface area (TPSA) is 55.1 Å². The number of carbonyl (C=O) groups excluding carboxylic acids is 1. The molecule has 0 aromatic heterocycles. The van der Waals surface area contributed by atoms with Crippen LogP contribution in [-0.2, 0) is 11.2 Å². The monoisotopic (exact) mass is 246 g/mol. The van der Waals surface area contributed by atoms with Crippen molar-refractivity contribution in [2.75, 3.05) is 6.54 Å². The van der Waals surface area contributed by atoms with Gasteiger partial charge in [0, 0.05) is 12.6 Å². The van der Waals surface area contributed by atoms with E-state index in [9.17, 15) is 4.79 Å². The first kappa shape index (κ1) is 13.1. The molecule has 0 fully saturated rings. The number of hydrogen-bond donors (Lipinski definition) is 2. The number of amides is 1. The maximum atomic E-state index is 11.3. The van der Waals surface area contributed by atoms with Crippen molar-refractivity contribution in [1.29, 1.82) is 0 Å². The quantitative estimate of drug-likeness (QED) is 0.855. The summed E-state index contributed by atoms with van der Waals surface area (Å²) in [6.07, 6.45) is 3.49. The molecule has 0 heterocycles. The van der Waals surface area contributed by atoms with Gasteiger partial charge in [-0.15, -0.1) is 0 Å². The summed E-state index contributed by atoms with van der Waals surface area (Å²) < 4.78 is 0. The zero-order valence-corrected chi connectivity index (χ0v) is 11.2. The van der Waals surface area contributed by atoms with E-state index in [1.54, 1.807) is 0 Å². The van der Waals surface area contributed by atoms with Crippen LogP contribution in [-0.4, -0.2) is 12.5 Å². The molecule has 98 valence electrons. The number of nitrogens with one attached hydrogen (secondary N) is 1. The maximum Gasteiger partial charge on any atom is 0.224 e. The van der Waals surface area contributed by atoms with Gasteiger partial charge < -0.3 is 11.1 Å². The molecule has 1 aromatic carbocycles. The minimum absolute atomic E-state index is 0.251. The number of fused-ring (bicyclic) bond motifs is 1. The standard InChI is InChI=1S/C15H22N2O/c1-15(2,14(16)18)10-17-13-9-5-7-11-6-3-4-8-12(11)13/h3-4,6,8,13,17H,5,7,9-10H2,1-2H3,(H2,16,18). The van der Waals surface area contributed by atoms with Crippen molar-refractivity contribution >= 4 is 5.91 Å². The smallest absolute Gasteiger partial charge is 0.224 e. The minimum atomic E-state index is -0.494. The maximum absolute atomic E-state index is 11.3. The number of benzene rings is 1. The summed E-state index contributed by atoms with van der Waals surface area (Å²) in [6.45, 7) is 4.40. The normalized spacial score (nSPS) is 19.3. The van der Waals surface area contributed by atoms with Gasteiger partial charge in [0.25, 0.3) is 0 Å². The van der Waals surface area contributed by atoms with Crippen molar-refractivity contribution in [3.8, 4) is 0 Å². The average molecular weight is 246 g/mol. The van der Waals surface area contributed by atoms with Crippen LogP contribution in [0.1, 0.15) is 43.9 Å². The molecule has 1 aliphatic rings. The third-order valence-electron chi connectivity index (χ3n) is 3.83. The predicted octanol–water partition coefficient (Wildman–Crippen LogP) is 2.17. The molecule has 0 bridgehead atoms. The highest BCUT2D eigenvalue weighted by atomic mass is 16.1. The molecule has 1 atom stereocenters. The Kier molecular flexibility index (Phi) is 3.71. The lowest BCUT2D eigenvalue weighted by Crippen LogP contribution is -2.42. The van der Waals surface area contributed by atoms with E-state index >= 15 is 0 Å². The van der Waals surface area contributed by atoms with E-state index in [-0.39, 0.29) is 5.91 Å². The number of primary amides is 1. The van der Waals surface area contributed by atoms with E-state index in [1.165, 1.54) is 17.5 Å². The molecule has 1 aliphatic carbocycles. The van der Waals surface area contributed by atoms with Crippen molar-refractivity contribution in [3.05, 3.63) is 35.4 Å². The summed E-state index contributed by atoms with van der Waals surface area (Å²) in [5, 5.41) is 3.50. The Morgan fingerprint density at radius 1 is 1.44 bits per heavy atom. The van der Waals surface area contributed by atoms with Gasteiger partial charge in [0.15, 0.2) is 0 Å². The van der Waals surface area contributed by atoms with Crippen LogP contribution in [0.15, 0.2) is 24.3 Å². The number of hydrogen-bond acceptors (Lipinski definition) is 2. The van der Waals surface area contributed by atoms with E-state index in [4.69, 9.17) is 5.73 Å². The summed E-state index contributed by atoms with van der Waals surface area (Å²) in [4.78, 5) is 11.3. The van der Waals surface area contributed by atoms with Crippen molar-refractivity contribution < 1.29 is 4.79 Å². The van der Waals surface area contributed by atoms with Gasteiger partial charge in [-0.3, -0.25) is 4.79 Å². The Bertz CT molecular complexity index is 440. The van der Waals surface area contributed by atoms with Gasteiger partial charge in [-0.2, -0.15) is 0 Å². The highest BCUT2D eigenvalue weighted by molar-refractivity contribution is 5.80. The Balaban J connectivity index is 2.06.